The van der Waals surface area contributed by atoms with E-state index in [0.717, 1.165) is 0 Å². The summed E-state index contributed by atoms with van der Waals surface area (Å²) in [5, 5.41) is 8.63. The molecular formula is C10H12O2. The zero-order valence-corrected chi connectivity index (χ0v) is 6.81. The smallest absolute Gasteiger partial charge is 0.115 e. The summed E-state index contributed by atoms with van der Waals surface area (Å²) in [5.74, 6) is 0.322. The third kappa shape index (κ3) is 6.42. The molecule has 1 aromatic carbocycles. The Kier molecular flexibility index (Phi) is 6.36. The normalized spacial score (nSPS) is 7.33. The Morgan fingerprint density at radius 1 is 1.08 bits per heavy atom. The minimum Gasteiger partial charge on any atom is -0.508 e. The summed E-state index contributed by atoms with van der Waals surface area (Å²) in [6.07, 6.45) is 2.62. The number of hydrogen-bond donors (Lipinski definition) is 1. The van der Waals surface area contributed by atoms with Crippen molar-refractivity contribution in [3.63, 3.8) is 0 Å². The molecule has 0 spiro atoms. The maximum Gasteiger partial charge on any atom is 0.115 e. The number of hydrogen-bond acceptors (Lipinski definition) is 2. The molecule has 0 saturated carbocycles. The van der Waals surface area contributed by atoms with Crippen molar-refractivity contribution in [3.05, 3.63) is 56.0 Å². The molecule has 0 fully saturated rings. The van der Waals surface area contributed by atoms with Gasteiger partial charge in [-0.05, 0) is 12.1 Å². The van der Waals surface area contributed by atoms with Crippen LogP contribution in [0.15, 0.2) is 56.0 Å². The first kappa shape index (κ1) is 10.3. The average Bonchev–Trinajstić information content (AvgIpc) is 2.08. The van der Waals surface area contributed by atoms with Crippen LogP contribution in [0.2, 0.25) is 0 Å². The Morgan fingerprint density at radius 3 is 1.75 bits per heavy atom. The molecule has 1 N–H and O–H groups in total. The molecule has 0 aliphatic rings. The lowest BCUT2D eigenvalue weighted by atomic mass is 10.3. The average molecular weight is 164 g/mol. The maximum atomic E-state index is 8.63. The van der Waals surface area contributed by atoms with Crippen LogP contribution in [0.4, 0.5) is 0 Å². The molecule has 0 atom stereocenters. The van der Waals surface area contributed by atoms with E-state index >= 15 is 0 Å². The van der Waals surface area contributed by atoms with Gasteiger partial charge < -0.3 is 9.84 Å². The van der Waals surface area contributed by atoms with E-state index in [2.05, 4.69) is 17.9 Å². The summed E-state index contributed by atoms with van der Waals surface area (Å²) in [6.45, 7) is 6.51. The van der Waals surface area contributed by atoms with Crippen molar-refractivity contribution in [3.8, 4) is 5.75 Å². The second-order valence-corrected chi connectivity index (χ2v) is 1.80. The van der Waals surface area contributed by atoms with Crippen molar-refractivity contribution < 1.29 is 9.84 Å². The van der Waals surface area contributed by atoms with Gasteiger partial charge in [0.15, 0.2) is 0 Å². The van der Waals surface area contributed by atoms with Gasteiger partial charge in [0.2, 0.25) is 0 Å². The van der Waals surface area contributed by atoms with Gasteiger partial charge in [0.25, 0.3) is 0 Å². The predicted octanol–water partition coefficient (Wildman–Crippen LogP) is 2.68. The van der Waals surface area contributed by atoms with E-state index < -0.39 is 0 Å². The molecule has 1 aromatic rings. The highest BCUT2D eigenvalue weighted by atomic mass is 16.5. The third-order valence-corrected chi connectivity index (χ3v) is 0.949. The molecule has 2 heteroatoms. The van der Waals surface area contributed by atoms with Gasteiger partial charge in [0.1, 0.15) is 5.75 Å². The molecule has 12 heavy (non-hydrogen) atoms. The first-order valence-electron chi connectivity index (χ1n) is 3.42. The van der Waals surface area contributed by atoms with E-state index in [1.165, 1.54) is 12.5 Å². The van der Waals surface area contributed by atoms with Crippen LogP contribution in [0.25, 0.3) is 0 Å². The number of benzene rings is 1. The molecule has 0 amide bonds. The van der Waals surface area contributed by atoms with Crippen LogP contribution in [0.1, 0.15) is 0 Å². The van der Waals surface area contributed by atoms with Gasteiger partial charge in [-0.25, -0.2) is 0 Å². The van der Waals surface area contributed by atoms with E-state index in [4.69, 9.17) is 5.11 Å². The Bertz CT molecular complexity index is 211. The van der Waals surface area contributed by atoms with Crippen molar-refractivity contribution >= 4 is 0 Å². The summed E-state index contributed by atoms with van der Waals surface area (Å²) < 4.78 is 4.36. The summed E-state index contributed by atoms with van der Waals surface area (Å²) in [4.78, 5) is 0. The third-order valence-electron chi connectivity index (χ3n) is 0.949. The molecule has 0 aliphatic heterocycles. The van der Waals surface area contributed by atoms with Gasteiger partial charge in [-0.3, -0.25) is 0 Å². The molecule has 0 radical (unpaired) electrons. The number of rotatable bonds is 2. The highest BCUT2D eigenvalue weighted by Gasteiger charge is 1.74. The lowest BCUT2D eigenvalue weighted by Crippen LogP contribution is -1.56. The van der Waals surface area contributed by atoms with Crippen molar-refractivity contribution in [2.45, 2.75) is 0 Å². The molecule has 0 unspecified atom stereocenters. The summed E-state index contributed by atoms with van der Waals surface area (Å²) in [6, 6.07) is 8.71. The number of ether oxygens (including phenoxy) is 1. The van der Waals surface area contributed by atoms with Crippen LogP contribution in [-0.2, 0) is 4.74 Å². The van der Waals surface area contributed by atoms with Crippen LogP contribution < -0.4 is 0 Å². The van der Waals surface area contributed by atoms with Gasteiger partial charge in [-0.2, -0.15) is 0 Å². The Balaban J connectivity index is 0.000000217. The SMILES string of the molecule is C=COC=C.Oc1ccccc1. The van der Waals surface area contributed by atoms with Crippen LogP contribution in [0.5, 0.6) is 5.75 Å². The quantitative estimate of drug-likeness (QED) is 0.681. The minimum absolute atomic E-state index is 0.322. The molecule has 0 aliphatic carbocycles. The molecular weight excluding hydrogens is 152 g/mol. The molecule has 0 heterocycles. The fraction of sp³-hybridized carbons (Fsp3) is 0. The lowest BCUT2D eigenvalue weighted by Gasteiger charge is -1.82. The number of para-hydroxylation sites is 1. The van der Waals surface area contributed by atoms with Gasteiger partial charge in [0, 0.05) is 0 Å². The van der Waals surface area contributed by atoms with Crippen molar-refractivity contribution in [2.75, 3.05) is 0 Å². The number of phenolic OH excluding ortho intramolecular Hbond substituents is 1. The van der Waals surface area contributed by atoms with Crippen LogP contribution in [0, 0.1) is 0 Å². The molecule has 64 valence electrons. The van der Waals surface area contributed by atoms with Crippen LogP contribution in [-0.4, -0.2) is 5.11 Å². The second kappa shape index (κ2) is 7.41. The van der Waals surface area contributed by atoms with E-state index in [1.54, 1.807) is 24.3 Å². The van der Waals surface area contributed by atoms with Gasteiger partial charge >= 0.3 is 0 Å². The number of aromatic hydroxyl groups is 1. The first-order chi connectivity index (χ1) is 5.81. The van der Waals surface area contributed by atoms with Gasteiger partial charge in [-0.1, -0.05) is 31.4 Å². The maximum absolute atomic E-state index is 8.63. The van der Waals surface area contributed by atoms with E-state index in [0.29, 0.717) is 5.75 Å². The van der Waals surface area contributed by atoms with Crippen LogP contribution in [0.3, 0.4) is 0 Å². The topological polar surface area (TPSA) is 29.5 Å². The monoisotopic (exact) mass is 164 g/mol. The summed E-state index contributed by atoms with van der Waals surface area (Å²) >= 11 is 0. The Labute approximate surface area is 72.4 Å². The fourth-order valence-corrected chi connectivity index (χ4v) is 0.496. The summed E-state index contributed by atoms with van der Waals surface area (Å²) in [7, 11) is 0. The highest BCUT2D eigenvalue weighted by molar-refractivity contribution is 5.18. The van der Waals surface area contributed by atoms with Crippen molar-refractivity contribution in [2.24, 2.45) is 0 Å². The molecule has 0 bridgehead atoms. The summed E-state index contributed by atoms with van der Waals surface area (Å²) in [5.41, 5.74) is 0. The standard InChI is InChI=1S/C6H6O.C4H6O/c7-6-4-2-1-3-5-6;1-3-5-4-2/h1-5,7H;3-4H,1-2H2. The molecule has 2 nitrogen and oxygen atoms in total. The van der Waals surface area contributed by atoms with Crippen molar-refractivity contribution in [1.29, 1.82) is 0 Å². The zero-order chi connectivity index (χ0) is 9.23. The second-order valence-electron chi connectivity index (χ2n) is 1.80. The van der Waals surface area contributed by atoms with Crippen molar-refractivity contribution in [1.82, 2.24) is 0 Å². The van der Waals surface area contributed by atoms with Gasteiger partial charge in [0.05, 0.1) is 12.5 Å². The Hall–Kier alpha value is -1.70. The highest BCUT2D eigenvalue weighted by Crippen LogP contribution is 2.02. The van der Waals surface area contributed by atoms with Gasteiger partial charge in [-0.15, -0.1) is 0 Å². The minimum atomic E-state index is 0.322. The van der Waals surface area contributed by atoms with E-state index in [9.17, 15) is 0 Å². The predicted molar refractivity (Wildman–Crippen MR) is 49.6 cm³/mol. The Morgan fingerprint density at radius 2 is 1.58 bits per heavy atom. The molecule has 1 rings (SSSR count). The number of phenols is 1. The lowest BCUT2D eigenvalue weighted by molar-refractivity contribution is 0.406. The zero-order valence-electron chi connectivity index (χ0n) is 6.81. The van der Waals surface area contributed by atoms with E-state index in [1.807, 2.05) is 6.07 Å². The van der Waals surface area contributed by atoms with E-state index in [-0.39, 0.29) is 0 Å². The first-order valence-corrected chi connectivity index (χ1v) is 3.42. The van der Waals surface area contributed by atoms with Crippen LogP contribution >= 0.6 is 0 Å². The fourth-order valence-electron chi connectivity index (χ4n) is 0.496. The molecule has 0 aromatic heterocycles. The largest absolute Gasteiger partial charge is 0.508 e. The molecule has 0 saturated heterocycles.